The van der Waals surface area contributed by atoms with Crippen molar-refractivity contribution in [2.45, 2.75) is 31.4 Å². The van der Waals surface area contributed by atoms with Crippen molar-refractivity contribution >= 4 is 21.8 Å². The van der Waals surface area contributed by atoms with E-state index in [0.29, 0.717) is 12.5 Å². The average molecular weight is 353 g/mol. The molecule has 1 aromatic rings. The SMILES string of the molecule is O=C(CCN1CCO[C@@H](c2cccc(Br)c2)C1)NC1CC1. The minimum atomic E-state index is 0.0998. The molecule has 0 aromatic heterocycles. The molecule has 1 aliphatic heterocycles. The van der Waals surface area contributed by atoms with Gasteiger partial charge in [-0.1, -0.05) is 28.1 Å². The van der Waals surface area contributed by atoms with Crippen LogP contribution in [0.4, 0.5) is 0 Å². The molecule has 0 spiro atoms. The molecule has 1 atom stereocenters. The maximum Gasteiger partial charge on any atom is 0.221 e. The highest BCUT2D eigenvalue weighted by molar-refractivity contribution is 9.10. The number of nitrogens with one attached hydrogen (secondary N) is 1. The summed E-state index contributed by atoms with van der Waals surface area (Å²) in [6.45, 7) is 3.29. The van der Waals surface area contributed by atoms with Gasteiger partial charge < -0.3 is 10.1 Å². The minimum absolute atomic E-state index is 0.0998. The number of benzene rings is 1. The largest absolute Gasteiger partial charge is 0.371 e. The fourth-order valence-corrected chi connectivity index (χ4v) is 3.02. The summed E-state index contributed by atoms with van der Waals surface area (Å²) >= 11 is 3.50. The maximum atomic E-state index is 11.8. The van der Waals surface area contributed by atoms with Crippen molar-refractivity contribution < 1.29 is 9.53 Å². The number of hydrogen-bond acceptors (Lipinski definition) is 3. The number of amides is 1. The van der Waals surface area contributed by atoms with Crippen LogP contribution in [0.3, 0.4) is 0 Å². The molecule has 1 heterocycles. The molecule has 0 unspecified atom stereocenters. The van der Waals surface area contributed by atoms with Gasteiger partial charge in [-0.3, -0.25) is 9.69 Å². The third-order valence-electron chi connectivity index (χ3n) is 3.97. The van der Waals surface area contributed by atoms with Crippen molar-refractivity contribution in [3.05, 3.63) is 34.3 Å². The van der Waals surface area contributed by atoms with Crippen LogP contribution in [0.1, 0.15) is 30.9 Å². The molecule has 0 bridgehead atoms. The molecular weight excluding hydrogens is 332 g/mol. The van der Waals surface area contributed by atoms with Gasteiger partial charge in [0.25, 0.3) is 0 Å². The third-order valence-corrected chi connectivity index (χ3v) is 4.46. The van der Waals surface area contributed by atoms with Crippen molar-refractivity contribution in [1.29, 1.82) is 0 Å². The Bertz CT molecular complexity index is 505. The maximum absolute atomic E-state index is 11.8. The van der Waals surface area contributed by atoms with Crippen LogP contribution in [-0.2, 0) is 9.53 Å². The second-order valence-corrected chi connectivity index (χ2v) is 6.72. The lowest BCUT2D eigenvalue weighted by Crippen LogP contribution is -2.40. The van der Waals surface area contributed by atoms with Crippen molar-refractivity contribution in [2.75, 3.05) is 26.2 Å². The lowest BCUT2D eigenvalue weighted by Gasteiger charge is -2.33. The first-order chi connectivity index (χ1) is 10.2. The predicted octanol–water partition coefficient (Wildman–Crippen LogP) is 2.49. The van der Waals surface area contributed by atoms with E-state index in [1.165, 1.54) is 5.56 Å². The van der Waals surface area contributed by atoms with Gasteiger partial charge in [0.2, 0.25) is 5.91 Å². The van der Waals surface area contributed by atoms with Crippen LogP contribution >= 0.6 is 15.9 Å². The van der Waals surface area contributed by atoms with E-state index >= 15 is 0 Å². The summed E-state index contributed by atoms with van der Waals surface area (Å²) in [4.78, 5) is 14.1. The van der Waals surface area contributed by atoms with Crippen LogP contribution in [0, 0.1) is 0 Å². The van der Waals surface area contributed by atoms with Gasteiger partial charge in [0.05, 0.1) is 12.7 Å². The molecule has 1 aromatic carbocycles. The summed E-state index contributed by atoms with van der Waals surface area (Å²) in [6, 6.07) is 8.71. The Hall–Kier alpha value is -0.910. The first-order valence-corrected chi connectivity index (χ1v) is 8.39. The van der Waals surface area contributed by atoms with Gasteiger partial charge in [-0.15, -0.1) is 0 Å². The molecule has 1 saturated carbocycles. The second-order valence-electron chi connectivity index (χ2n) is 5.81. The van der Waals surface area contributed by atoms with E-state index in [1.54, 1.807) is 0 Å². The summed E-state index contributed by atoms with van der Waals surface area (Å²) in [6.07, 6.45) is 2.98. The number of morpholine rings is 1. The van der Waals surface area contributed by atoms with Crippen molar-refractivity contribution in [1.82, 2.24) is 10.2 Å². The molecular formula is C16H21BrN2O2. The molecule has 1 aliphatic carbocycles. The lowest BCUT2D eigenvalue weighted by molar-refractivity contribution is -0.122. The summed E-state index contributed by atoms with van der Waals surface area (Å²) < 4.78 is 6.94. The molecule has 1 saturated heterocycles. The Morgan fingerprint density at radius 2 is 2.29 bits per heavy atom. The molecule has 0 radical (unpaired) electrons. The highest BCUT2D eigenvalue weighted by atomic mass is 79.9. The Morgan fingerprint density at radius 1 is 1.43 bits per heavy atom. The van der Waals surface area contributed by atoms with Gasteiger partial charge in [0.15, 0.2) is 0 Å². The number of nitrogens with zero attached hydrogens (tertiary/aromatic N) is 1. The fourth-order valence-electron chi connectivity index (χ4n) is 2.60. The quantitative estimate of drug-likeness (QED) is 0.884. The first kappa shape index (κ1) is 15.0. The molecule has 3 rings (SSSR count). The summed E-state index contributed by atoms with van der Waals surface area (Å²) in [5.41, 5.74) is 1.19. The Balaban J connectivity index is 1.49. The standard InChI is InChI=1S/C16H21BrN2O2/c17-13-3-1-2-12(10-13)15-11-19(8-9-21-15)7-6-16(20)18-14-4-5-14/h1-3,10,14-15H,4-9,11H2,(H,18,20)/t15-/m1/s1. The zero-order valence-electron chi connectivity index (χ0n) is 12.1. The molecule has 1 amide bonds. The van der Waals surface area contributed by atoms with E-state index in [1.807, 2.05) is 12.1 Å². The molecule has 5 heteroatoms. The second kappa shape index (κ2) is 6.90. The van der Waals surface area contributed by atoms with E-state index in [4.69, 9.17) is 4.74 Å². The first-order valence-electron chi connectivity index (χ1n) is 7.59. The molecule has 1 N–H and O–H groups in total. The van der Waals surface area contributed by atoms with Crippen LogP contribution in [0.5, 0.6) is 0 Å². The Kier molecular flexibility index (Phi) is 4.93. The van der Waals surface area contributed by atoms with Crippen LogP contribution in [-0.4, -0.2) is 43.1 Å². The van der Waals surface area contributed by atoms with E-state index in [9.17, 15) is 4.79 Å². The zero-order valence-corrected chi connectivity index (χ0v) is 13.6. The average Bonchev–Trinajstić information content (AvgIpc) is 3.29. The van der Waals surface area contributed by atoms with Crippen molar-refractivity contribution in [2.24, 2.45) is 0 Å². The van der Waals surface area contributed by atoms with E-state index in [0.717, 1.165) is 43.6 Å². The smallest absolute Gasteiger partial charge is 0.221 e. The molecule has 2 aliphatic rings. The Labute approximate surface area is 134 Å². The lowest BCUT2D eigenvalue weighted by atomic mass is 10.1. The van der Waals surface area contributed by atoms with Crippen LogP contribution < -0.4 is 5.32 Å². The van der Waals surface area contributed by atoms with Gasteiger partial charge in [0, 0.05) is 36.6 Å². The van der Waals surface area contributed by atoms with Crippen molar-refractivity contribution in [3.63, 3.8) is 0 Å². The summed E-state index contributed by atoms with van der Waals surface area (Å²) in [5.74, 6) is 0.183. The molecule has 21 heavy (non-hydrogen) atoms. The van der Waals surface area contributed by atoms with E-state index < -0.39 is 0 Å². The number of rotatable bonds is 5. The highest BCUT2D eigenvalue weighted by Crippen LogP contribution is 2.25. The summed E-state index contributed by atoms with van der Waals surface area (Å²) in [7, 11) is 0. The molecule has 2 fully saturated rings. The van der Waals surface area contributed by atoms with Gasteiger partial charge in [-0.2, -0.15) is 0 Å². The fraction of sp³-hybridized carbons (Fsp3) is 0.562. The normalized spacial score (nSPS) is 23.0. The van der Waals surface area contributed by atoms with E-state index in [2.05, 4.69) is 38.3 Å². The zero-order chi connectivity index (χ0) is 14.7. The number of halogens is 1. The molecule has 4 nitrogen and oxygen atoms in total. The van der Waals surface area contributed by atoms with Crippen LogP contribution in [0.2, 0.25) is 0 Å². The van der Waals surface area contributed by atoms with Gasteiger partial charge in [0.1, 0.15) is 0 Å². The van der Waals surface area contributed by atoms with Crippen molar-refractivity contribution in [3.8, 4) is 0 Å². The Morgan fingerprint density at radius 3 is 3.05 bits per heavy atom. The predicted molar refractivity (Wildman–Crippen MR) is 85.1 cm³/mol. The van der Waals surface area contributed by atoms with E-state index in [-0.39, 0.29) is 12.0 Å². The number of hydrogen-bond donors (Lipinski definition) is 1. The number of ether oxygens (including phenoxy) is 1. The topological polar surface area (TPSA) is 41.6 Å². The third kappa shape index (κ3) is 4.53. The van der Waals surface area contributed by atoms with Crippen LogP contribution in [0.25, 0.3) is 0 Å². The van der Waals surface area contributed by atoms with Gasteiger partial charge >= 0.3 is 0 Å². The van der Waals surface area contributed by atoms with Gasteiger partial charge in [-0.25, -0.2) is 0 Å². The number of carbonyl (C=O) groups is 1. The minimum Gasteiger partial charge on any atom is -0.371 e. The number of carbonyl (C=O) groups excluding carboxylic acids is 1. The van der Waals surface area contributed by atoms with Gasteiger partial charge in [-0.05, 0) is 30.5 Å². The summed E-state index contributed by atoms with van der Waals surface area (Å²) in [5, 5.41) is 3.04. The molecule has 114 valence electrons. The highest BCUT2D eigenvalue weighted by Gasteiger charge is 2.25. The van der Waals surface area contributed by atoms with Crippen LogP contribution in [0.15, 0.2) is 28.7 Å². The monoisotopic (exact) mass is 352 g/mol.